The predicted molar refractivity (Wildman–Crippen MR) is 312 cm³/mol. The molecule has 464 valence electrons. The van der Waals surface area contributed by atoms with Gasteiger partial charge in [0.2, 0.25) is 0 Å². The number of hydrogen-bond donors (Lipinski definition) is 3. The Hall–Kier alpha value is -2.46. The molecule has 5 atom stereocenters. The molecule has 2 unspecified atom stereocenters. The van der Waals surface area contributed by atoms with Crippen LogP contribution in [-0.2, 0) is 65.4 Å². The lowest BCUT2D eigenvalue weighted by Gasteiger charge is -2.21. The van der Waals surface area contributed by atoms with Crippen LogP contribution >= 0.6 is 15.6 Å². The van der Waals surface area contributed by atoms with Crippen LogP contribution in [0.3, 0.4) is 0 Å². The Kier molecular flexibility index (Phi) is 53.1. The van der Waals surface area contributed by atoms with Crippen LogP contribution < -0.4 is 0 Å². The first-order valence-electron chi connectivity index (χ1n) is 31.1. The normalized spacial score (nSPS) is 14.5. The van der Waals surface area contributed by atoms with Crippen molar-refractivity contribution < 1.29 is 80.2 Å². The third-order valence-corrected chi connectivity index (χ3v) is 15.1. The molecule has 0 heterocycles. The van der Waals surface area contributed by atoms with Crippen molar-refractivity contribution in [1.82, 2.24) is 0 Å². The Balaban J connectivity index is 5.22. The molecule has 3 N–H and O–H groups in total. The molecule has 0 aromatic heterocycles. The fraction of sp³-hybridized carbons (Fsp3) is 0.867. The number of hydrogen-bond acceptors (Lipinski definition) is 15. The second-order valence-electron chi connectivity index (χ2n) is 21.1. The molecule has 0 aliphatic heterocycles. The summed E-state index contributed by atoms with van der Waals surface area (Å²) >= 11 is 0. The lowest BCUT2D eigenvalue weighted by molar-refractivity contribution is -0.161. The van der Waals surface area contributed by atoms with E-state index in [1.165, 1.54) is 77.0 Å². The summed E-state index contributed by atoms with van der Waals surface area (Å²) in [6.07, 6.45) is 41.3. The van der Waals surface area contributed by atoms with E-state index in [9.17, 15) is 43.2 Å². The average molecular weight is 1170 g/mol. The number of esters is 4. The van der Waals surface area contributed by atoms with Gasteiger partial charge in [0.05, 0.1) is 26.4 Å². The fourth-order valence-corrected chi connectivity index (χ4v) is 9.97. The van der Waals surface area contributed by atoms with Gasteiger partial charge in [-0.15, -0.1) is 0 Å². The SMILES string of the molecule is CCCCCC/C=C\C=C/CCCCCCCC(=O)O[C@H](COC(=O)CCCCCCCCCCC)COP(=O)(O)OC[C@@H](O)COP(=O)(O)OC[C@@H](COC(=O)CCCCCCCCC)OC(=O)CCCCCCCCCC. The van der Waals surface area contributed by atoms with Crippen molar-refractivity contribution in [1.29, 1.82) is 0 Å². The molecular formula is C60H112O17P2. The van der Waals surface area contributed by atoms with Crippen LogP contribution in [0.4, 0.5) is 0 Å². The number of aliphatic hydroxyl groups excluding tert-OH is 1. The smallest absolute Gasteiger partial charge is 0.462 e. The number of unbranched alkanes of at least 4 members (excludes halogenated alkanes) is 30. The number of carbonyl (C=O) groups excluding carboxylic acids is 4. The van der Waals surface area contributed by atoms with E-state index in [2.05, 4.69) is 52.0 Å². The van der Waals surface area contributed by atoms with E-state index in [1.807, 2.05) is 0 Å². The standard InChI is InChI=1S/C60H112O17P2/c1-5-9-13-17-21-24-25-26-27-28-29-31-35-39-43-47-60(65)77-56(51-71-58(63)45-41-37-34-30-22-18-14-10-6-2)53-75-79(68,69)73-49-54(61)48-72-78(66,67)74-52-55(50-70-57(62)44-40-36-32-20-16-12-8-4)76-59(64)46-42-38-33-23-19-15-11-7-3/h24-27,54-56,61H,5-23,28-53H2,1-4H3,(H,66,67)(H,68,69)/b25-24-,27-26-/t54-,55+,56+/m0/s1. The summed E-state index contributed by atoms with van der Waals surface area (Å²) in [6, 6.07) is 0. The van der Waals surface area contributed by atoms with Crippen molar-refractivity contribution in [3.05, 3.63) is 24.3 Å². The first kappa shape index (κ1) is 76.5. The topological polar surface area (TPSA) is 237 Å². The van der Waals surface area contributed by atoms with Gasteiger partial charge in [0.15, 0.2) is 12.2 Å². The van der Waals surface area contributed by atoms with E-state index >= 15 is 0 Å². The summed E-state index contributed by atoms with van der Waals surface area (Å²) in [5, 5.41) is 10.5. The van der Waals surface area contributed by atoms with Gasteiger partial charge in [-0.2, -0.15) is 0 Å². The largest absolute Gasteiger partial charge is 0.472 e. The fourth-order valence-electron chi connectivity index (χ4n) is 8.39. The van der Waals surface area contributed by atoms with Crippen molar-refractivity contribution in [3.8, 4) is 0 Å². The molecule has 0 aliphatic rings. The van der Waals surface area contributed by atoms with E-state index in [4.69, 9.17) is 37.0 Å². The van der Waals surface area contributed by atoms with Crippen LogP contribution in [0.15, 0.2) is 24.3 Å². The third-order valence-electron chi connectivity index (χ3n) is 13.2. The van der Waals surface area contributed by atoms with Crippen molar-refractivity contribution in [2.24, 2.45) is 0 Å². The molecule has 0 aromatic carbocycles. The number of carbonyl (C=O) groups is 4. The molecule has 0 bridgehead atoms. The van der Waals surface area contributed by atoms with Gasteiger partial charge in [0.25, 0.3) is 0 Å². The quantitative estimate of drug-likeness (QED) is 0.0169. The summed E-state index contributed by atoms with van der Waals surface area (Å²) in [4.78, 5) is 71.7. The average Bonchev–Trinajstić information content (AvgIpc) is 3.42. The van der Waals surface area contributed by atoms with Crippen LogP contribution in [0.5, 0.6) is 0 Å². The highest BCUT2D eigenvalue weighted by Gasteiger charge is 2.30. The number of phosphoric ester groups is 2. The summed E-state index contributed by atoms with van der Waals surface area (Å²) in [5.74, 6) is -2.18. The lowest BCUT2D eigenvalue weighted by atomic mass is 10.1. The summed E-state index contributed by atoms with van der Waals surface area (Å²) < 4.78 is 67.6. The molecular weight excluding hydrogens is 1050 g/mol. The second-order valence-corrected chi connectivity index (χ2v) is 24.0. The number of allylic oxidation sites excluding steroid dienone is 4. The molecule has 79 heavy (non-hydrogen) atoms. The summed E-state index contributed by atoms with van der Waals surface area (Å²) in [7, 11) is -9.88. The molecule has 19 heteroatoms. The Bertz CT molecular complexity index is 1630. The molecule has 0 amide bonds. The first-order chi connectivity index (χ1) is 38.2. The van der Waals surface area contributed by atoms with E-state index in [0.717, 1.165) is 122 Å². The summed E-state index contributed by atoms with van der Waals surface area (Å²) in [5.41, 5.74) is 0. The molecule has 0 saturated heterocycles. The van der Waals surface area contributed by atoms with Gasteiger partial charge < -0.3 is 33.8 Å². The van der Waals surface area contributed by atoms with Gasteiger partial charge in [-0.1, -0.05) is 225 Å². The molecule has 0 spiro atoms. The van der Waals surface area contributed by atoms with Gasteiger partial charge >= 0.3 is 39.5 Å². The van der Waals surface area contributed by atoms with E-state index in [1.54, 1.807) is 0 Å². The lowest BCUT2D eigenvalue weighted by Crippen LogP contribution is -2.30. The maximum absolute atomic E-state index is 12.9. The molecule has 0 aliphatic carbocycles. The van der Waals surface area contributed by atoms with Crippen LogP contribution in [0.1, 0.15) is 278 Å². The molecule has 0 fully saturated rings. The van der Waals surface area contributed by atoms with Gasteiger partial charge in [-0.3, -0.25) is 37.3 Å². The van der Waals surface area contributed by atoms with E-state index < -0.39 is 97.5 Å². The highest BCUT2D eigenvalue weighted by molar-refractivity contribution is 7.47. The number of phosphoric acid groups is 2. The van der Waals surface area contributed by atoms with Gasteiger partial charge in [0.1, 0.15) is 19.3 Å². The number of rotatable bonds is 59. The zero-order valence-corrected chi connectivity index (χ0v) is 51.6. The minimum Gasteiger partial charge on any atom is -0.462 e. The first-order valence-corrected chi connectivity index (χ1v) is 34.1. The summed E-state index contributed by atoms with van der Waals surface area (Å²) in [6.45, 7) is 4.71. The monoisotopic (exact) mass is 1170 g/mol. The van der Waals surface area contributed by atoms with Gasteiger partial charge in [0, 0.05) is 25.7 Å². The molecule has 0 aromatic rings. The van der Waals surface area contributed by atoms with E-state index in [0.29, 0.717) is 25.7 Å². The number of aliphatic hydroxyl groups is 1. The van der Waals surface area contributed by atoms with Crippen molar-refractivity contribution in [2.45, 2.75) is 296 Å². The van der Waals surface area contributed by atoms with Crippen molar-refractivity contribution >= 4 is 39.5 Å². The third kappa shape index (κ3) is 54.5. The Morgan fingerprint density at radius 3 is 0.924 bits per heavy atom. The minimum atomic E-state index is -4.94. The second kappa shape index (κ2) is 54.8. The molecule has 17 nitrogen and oxygen atoms in total. The van der Waals surface area contributed by atoms with E-state index in [-0.39, 0.29) is 25.7 Å². The molecule has 0 rings (SSSR count). The Morgan fingerprint density at radius 1 is 0.354 bits per heavy atom. The number of ether oxygens (including phenoxy) is 4. The van der Waals surface area contributed by atoms with Gasteiger partial charge in [-0.25, -0.2) is 9.13 Å². The zero-order chi connectivity index (χ0) is 58.3. The van der Waals surface area contributed by atoms with Crippen LogP contribution in [0, 0.1) is 0 Å². The van der Waals surface area contributed by atoms with Gasteiger partial charge in [-0.05, 0) is 51.4 Å². The highest BCUT2D eigenvalue weighted by atomic mass is 31.2. The van der Waals surface area contributed by atoms with Crippen LogP contribution in [-0.4, -0.2) is 96.7 Å². The maximum Gasteiger partial charge on any atom is 0.472 e. The zero-order valence-electron chi connectivity index (χ0n) is 49.8. The molecule has 0 radical (unpaired) electrons. The maximum atomic E-state index is 12.9. The van der Waals surface area contributed by atoms with Crippen molar-refractivity contribution in [3.63, 3.8) is 0 Å². The Labute approximate surface area is 478 Å². The molecule has 0 saturated carbocycles. The minimum absolute atomic E-state index is 0.0850. The predicted octanol–water partition coefficient (Wildman–Crippen LogP) is 15.9. The van der Waals surface area contributed by atoms with Crippen LogP contribution in [0.25, 0.3) is 0 Å². The highest BCUT2D eigenvalue weighted by Crippen LogP contribution is 2.45. The van der Waals surface area contributed by atoms with Crippen molar-refractivity contribution in [2.75, 3.05) is 39.6 Å². The van der Waals surface area contributed by atoms with Crippen LogP contribution in [0.2, 0.25) is 0 Å². The Morgan fingerprint density at radius 2 is 0.608 bits per heavy atom.